The molecule has 0 unspecified atom stereocenters. The molecule has 3 aromatic rings. The summed E-state index contributed by atoms with van der Waals surface area (Å²) in [5.41, 5.74) is 1.54. The highest BCUT2D eigenvalue weighted by atomic mass is 32.2. The molecule has 0 fully saturated rings. The lowest BCUT2D eigenvalue weighted by Gasteiger charge is -2.17. The Kier molecular flexibility index (Phi) is 7.67. The van der Waals surface area contributed by atoms with Crippen molar-refractivity contribution in [1.29, 1.82) is 0 Å². The Morgan fingerprint density at radius 3 is 2.45 bits per heavy atom. The van der Waals surface area contributed by atoms with Gasteiger partial charge in [0.2, 0.25) is 15.9 Å². The minimum atomic E-state index is -3.76. The summed E-state index contributed by atoms with van der Waals surface area (Å²) in [6.07, 6.45) is 0.393. The molecular formula is C22H27FN4O5S. The number of oxazole rings is 1. The van der Waals surface area contributed by atoms with Crippen LogP contribution in [-0.2, 0) is 21.4 Å². The molecule has 0 aliphatic heterocycles. The number of sulfonamides is 1. The summed E-state index contributed by atoms with van der Waals surface area (Å²) in [4.78, 5) is 26.4. The molecule has 1 amide bonds. The van der Waals surface area contributed by atoms with Crippen molar-refractivity contribution in [3.8, 4) is 0 Å². The summed E-state index contributed by atoms with van der Waals surface area (Å²) >= 11 is 0. The van der Waals surface area contributed by atoms with Crippen molar-refractivity contribution in [2.75, 3.05) is 39.5 Å². The van der Waals surface area contributed by atoms with E-state index in [2.05, 4.69) is 5.32 Å². The normalized spacial score (nSPS) is 12.1. The number of halogens is 1. The summed E-state index contributed by atoms with van der Waals surface area (Å²) < 4.78 is 46.0. The molecule has 0 radical (unpaired) electrons. The van der Waals surface area contributed by atoms with E-state index in [1.54, 1.807) is 18.2 Å². The summed E-state index contributed by atoms with van der Waals surface area (Å²) in [6, 6.07) is 9.54. The van der Waals surface area contributed by atoms with E-state index in [1.165, 1.54) is 23.7 Å². The monoisotopic (exact) mass is 478 g/mol. The van der Waals surface area contributed by atoms with Crippen molar-refractivity contribution in [1.82, 2.24) is 13.8 Å². The first kappa shape index (κ1) is 24.6. The van der Waals surface area contributed by atoms with Gasteiger partial charge in [-0.2, -0.15) is 0 Å². The maximum absolute atomic E-state index is 13.0. The number of anilines is 1. The Morgan fingerprint density at radius 2 is 1.79 bits per heavy atom. The van der Waals surface area contributed by atoms with Gasteiger partial charge in [-0.1, -0.05) is 0 Å². The average molecular weight is 479 g/mol. The minimum absolute atomic E-state index is 0.00965. The molecule has 9 nitrogen and oxygen atoms in total. The second-order valence-corrected chi connectivity index (χ2v) is 9.98. The SMILES string of the molecule is CN(C)CCn1c(=O)oc2ccc(NC(=O)CCCN(C)S(=O)(=O)c3ccc(F)cc3)cc21. The lowest BCUT2D eigenvalue weighted by atomic mass is 10.2. The maximum Gasteiger partial charge on any atom is 0.419 e. The molecule has 3 rings (SSSR count). The van der Waals surface area contributed by atoms with Crippen LogP contribution < -0.4 is 11.1 Å². The third-order valence-corrected chi connectivity index (χ3v) is 6.99. The highest BCUT2D eigenvalue weighted by Gasteiger charge is 2.20. The zero-order valence-corrected chi connectivity index (χ0v) is 19.6. The van der Waals surface area contributed by atoms with Crippen LogP contribution in [0.15, 0.2) is 56.6 Å². The zero-order chi connectivity index (χ0) is 24.2. The molecule has 0 bridgehead atoms. The van der Waals surface area contributed by atoms with E-state index in [1.807, 2.05) is 19.0 Å². The van der Waals surface area contributed by atoms with Crippen molar-refractivity contribution in [2.45, 2.75) is 24.3 Å². The molecule has 33 heavy (non-hydrogen) atoms. The van der Waals surface area contributed by atoms with Crippen LogP contribution in [0.2, 0.25) is 0 Å². The van der Waals surface area contributed by atoms with Crippen molar-refractivity contribution in [3.05, 3.63) is 58.8 Å². The minimum Gasteiger partial charge on any atom is -0.408 e. The molecule has 0 aliphatic carbocycles. The molecule has 0 atom stereocenters. The molecular weight excluding hydrogens is 451 g/mol. The Labute approximate surface area is 191 Å². The average Bonchev–Trinajstić information content (AvgIpc) is 3.06. The molecule has 178 valence electrons. The Balaban J connectivity index is 1.58. The van der Waals surface area contributed by atoms with Crippen LogP contribution >= 0.6 is 0 Å². The van der Waals surface area contributed by atoms with E-state index in [0.717, 1.165) is 16.4 Å². The van der Waals surface area contributed by atoms with Gasteiger partial charge in [0.25, 0.3) is 0 Å². The molecule has 1 aromatic heterocycles. The zero-order valence-electron chi connectivity index (χ0n) is 18.7. The van der Waals surface area contributed by atoms with Crippen LogP contribution in [-0.4, -0.2) is 62.3 Å². The summed E-state index contributed by atoms with van der Waals surface area (Å²) in [5, 5.41) is 2.77. The van der Waals surface area contributed by atoms with Crippen LogP contribution in [0.25, 0.3) is 11.1 Å². The highest BCUT2D eigenvalue weighted by Crippen LogP contribution is 2.19. The van der Waals surface area contributed by atoms with Gasteiger partial charge in [0.15, 0.2) is 5.58 Å². The van der Waals surface area contributed by atoms with E-state index < -0.39 is 21.6 Å². The number of benzene rings is 2. The number of hydrogen-bond donors (Lipinski definition) is 1. The van der Waals surface area contributed by atoms with E-state index >= 15 is 0 Å². The first-order valence-corrected chi connectivity index (χ1v) is 11.8. The second kappa shape index (κ2) is 10.3. The van der Waals surface area contributed by atoms with E-state index in [4.69, 9.17) is 4.42 Å². The Bertz CT molecular complexity index is 1280. The first-order valence-electron chi connectivity index (χ1n) is 10.4. The number of amides is 1. The number of carbonyl (C=O) groups is 1. The van der Waals surface area contributed by atoms with Gasteiger partial charge in [0.05, 0.1) is 10.4 Å². The van der Waals surface area contributed by atoms with E-state index in [-0.39, 0.29) is 23.8 Å². The smallest absolute Gasteiger partial charge is 0.408 e. The van der Waals surface area contributed by atoms with Crippen LogP contribution in [0.1, 0.15) is 12.8 Å². The molecule has 1 heterocycles. The van der Waals surface area contributed by atoms with E-state index in [0.29, 0.717) is 36.3 Å². The van der Waals surface area contributed by atoms with Gasteiger partial charge in [0.1, 0.15) is 5.82 Å². The van der Waals surface area contributed by atoms with Crippen molar-refractivity contribution >= 4 is 32.7 Å². The predicted molar refractivity (Wildman–Crippen MR) is 123 cm³/mol. The second-order valence-electron chi connectivity index (χ2n) is 7.94. The summed E-state index contributed by atoms with van der Waals surface area (Å²) in [6.45, 7) is 1.22. The fraction of sp³-hybridized carbons (Fsp3) is 0.364. The van der Waals surface area contributed by atoms with Crippen molar-refractivity contribution in [3.63, 3.8) is 0 Å². The first-order chi connectivity index (χ1) is 15.6. The molecule has 1 N–H and O–H groups in total. The number of nitrogens with one attached hydrogen (secondary N) is 1. The van der Waals surface area contributed by atoms with Crippen LogP contribution in [0, 0.1) is 5.82 Å². The topological polar surface area (TPSA) is 105 Å². The van der Waals surface area contributed by atoms with Crippen LogP contribution in [0.4, 0.5) is 10.1 Å². The number of aromatic nitrogens is 1. The fourth-order valence-electron chi connectivity index (χ4n) is 3.24. The largest absolute Gasteiger partial charge is 0.419 e. The van der Waals surface area contributed by atoms with Gasteiger partial charge in [-0.05, 0) is 63.0 Å². The molecule has 0 saturated heterocycles. The number of likely N-dealkylation sites (N-methyl/N-ethyl adjacent to an activating group) is 1. The highest BCUT2D eigenvalue weighted by molar-refractivity contribution is 7.89. The van der Waals surface area contributed by atoms with Gasteiger partial charge in [-0.15, -0.1) is 0 Å². The maximum atomic E-state index is 13.0. The number of fused-ring (bicyclic) bond motifs is 1. The van der Waals surface area contributed by atoms with Crippen molar-refractivity contribution in [2.24, 2.45) is 0 Å². The number of carbonyl (C=O) groups excluding carboxylic acids is 1. The van der Waals surface area contributed by atoms with Gasteiger partial charge >= 0.3 is 5.76 Å². The van der Waals surface area contributed by atoms with Crippen LogP contribution in [0.5, 0.6) is 0 Å². The lowest BCUT2D eigenvalue weighted by molar-refractivity contribution is -0.116. The number of rotatable bonds is 10. The van der Waals surface area contributed by atoms with Gasteiger partial charge in [0, 0.05) is 38.8 Å². The molecule has 0 spiro atoms. The lowest BCUT2D eigenvalue weighted by Crippen LogP contribution is -2.28. The third-order valence-electron chi connectivity index (χ3n) is 5.12. The van der Waals surface area contributed by atoms with Gasteiger partial charge in [-0.25, -0.2) is 21.9 Å². The fourth-order valence-corrected chi connectivity index (χ4v) is 4.45. The quantitative estimate of drug-likeness (QED) is 0.480. The summed E-state index contributed by atoms with van der Waals surface area (Å²) in [7, 11) is 1.46. The molecule has 11 heteroatoms. The summed E-state index contributed by atoms with van der Waals surface area (Å²) in [5.74, 6) is -1.26. The Hall–Kier alpha value is -3.02. The molecule has 0 aliphatic rings. The van der Waals surface area contributed by atoms with Gasteiger partial charge in [-0.3, -0.25) is 9.36 Å². The number of nitrogens with zero attached hydrogens (tertiary/aromatic N) is 3. The standard InChI is InChI=1S/C22H27FN4O5S/c1-25(2)13-14-27-19-15-17(8-11-20(19)32-22(27)29)24-21(28)5-4-12-26(3)33(30,31)18-9-6-16(23)7-10-18/h6-11,15H,4-5,12-14H2,1-3H3,(H,24,28). The van der Waals surface area contributed by atoms with E-state index in [9.17, 15) is 22.4 Å². The predicted octanol–water partition coefficient (Wildman–Crippen LogP) is 2.33. The van der Waals surface area contributed by atoms with Gasteiger partial charge < -0.3 is 14.6 Å². The third kappa shape index (κ3) is 6.06. The van der Waals surface area contributed by atoms with Crippen LogP contribution in [0.3, 0.4) is 0 Å². The number of hydrogen-bond acceptors (Lipinski definition) is 6. The Morgan fingerprint density at radius 1 is 1.09 bits per heavy atom. The molecule has 2 aromatic carbocycles. The molecule has 0 saturated carbocycles. The van der Waals surface area contributed by atoms with Crippen molar-refractivity contribution < 1.29 is 22.0 Å².